The van der Waals surface area contributed by atoms with Crippen molar-refractivity contribution in [2.45, 2.75) is 26.2 Å². The Labute approximate surface area is 146 Å². The van der Waals surface area contributed by atoms with Gasteiger partial charge in [0.15, 0.2) is 0 Å². The summed E-state index contributed by atoms with van der Waals surface area (Å²) in [6, 6.07) is 7.81. The second kappa shape index (κ2) is 6.55. The van der Waals surface area contributed by atoms with E-state index in [1.165, 1.54) is 16.5 Å². The first-order chi connectivity index (χ1) is 11.7. The monoisotopic (exact) mass is 342 g/mol. The molecule has 0 amide bonds. The highest BCUT2D eigenvalue weighted by Gasteiger charge is 2.23. The summed E-state index contributed by atoms with van der Waals surface area (Å²) in [7, 11) is 2.13. The summed E-state index contributed by atoms with van der Waals surface area (Å²) in [6.07, 6.45) is 4.49. The van der Waals surface area contributed by atoms with Crippen LogP contribution in [0.15, 0.2) is 41.1 Å². The number of aromatic nitrogens is 1. The highest BCUT2D eigenvalue weighted by Crippen LogP contribution is 2.36. The third-order valence-corrected chi connectivity index (χ3v) is 4.87. The van der Waals surface area contributed by atoms with Crippen LogP contribution < -0.4 is 0 Å². The highest BCUT2D eigenvalue weighted by molar-refractivity contribution is 6.32. The molecule has 0 saturated heterocycles. The van der Waals surface area contributed by atoms with Crippen LogP contribution in [0.5, 0.6) is 0 Å². The first kappa shape index (κ1) is 15.6. The van der Waals surface area contributed by atoms with E-state index in [4.69, 9.17) is 20.8 Å². The van der Waals surface area contributed by atoms with E-state index in [1.807, 2.05) is 24.3 Å². The lowest BCUT2D eigenvalue weighted by atomic mass is 10.0. The number of hydrogen-bond donors (Lipinski definition) is 0. The molecule has 3 aromatic rings. The number of halogens is 1. The zero-order chi connectivity index (χ0) is 16.5. The second-order valence-corrected chi connectivity index (χ2v) is 6.65. The third kappa shape index (κ3) is 2.93. The van der Waals surface area contributed by atoms with E-state index in [0.717, 1.165) is 41.4 Å². The Balaban J connectivity index is 1.63. The minimum atomic E-state index is 0.456. The van der Waals surface area contributed by atoms with Gasteiger partial charge in [0.2, 0.25) is 0 Å². The fourth-order valence-corrected chi connectivity index (χ4v) is 3.52. The number of pyridine rings is 1. The van der Waals surface area contributed by atoms with Gasteiger partial charge in [-0.2, -0.15) is 0 Å². The smallest absolute Gasteiger partial charge is 0.135 e. The Morgan fingerprint density at radius 3 is 2.83 bits per heavy atom. The summed E-state index contributed by atoms with van der Waals surface area (Å²) in [5.41, 5.74) is 4.41. The van der Waals surface area contributed by atoms with Crippen LogP contribution in [0.2, 0.25) is 5.02 Å². The molecular formula is C19H19ClN2O2. The largest absolute Gasteiger partial charge is 0.458 e. The molecule has 4 nitrogen and oxygen atoms in total. The van der Waals surface area contributed by atoms with Gasteiger partial charge in [0.1, 0.15) is 18.0 Å². The first-order valence-electron chi connectivity index (χ1n) is 8.09. The average Bonchev–Trinajstić information content (AvgIpc) is 2.81. The number of hydrogen-bond acceptors (Lipinski definition) is 4. The minimum Gasteiger partial charge on any atom is -0.458 e. The number of ether oxygens (including phenoxy) is 1. The summed E-state index contributed by atoms with van der Waals surface area (Å²) in [4.78, 5) is 6.32. The first-order valence-corrected chi connectivity index (χ1v) is 8.47. The summed E-state index contributed by atoms with van der Waals surface area (Å²) < 4.78 is 12.0. The highest BCUT2D eigenvalue weighted by atomic mass is 35.5. The molecule has 0 radical (unpaired) electrons. The number of benzene rings is 1. The fraction of sp³-hybridized carbons (Fsp3) is 0.316. The maximum absolute atomic E-state index is 6.43. The quantitative estimate of drug-likeness (QED) is 0.712. The van der Waals surface area contributed by atoms with E-state index in [9.17, 15) is 0 Å². The van der Waals surface area contributed by atoms with Gasteiger partial charge in [-0.3, -0.25) is 4.98 Å². The van der Waals surface area contributed by atoms with Crippen LogP contribution in [0.3, 0.4) is 0 Å². The van der Waals surface area contributed by atoms with Crippen molar-refractivity contribution in [2.75, 3.05) is 13.6 Å². The molecular weight excluding hydrogens is 324 g/mol. The van der Waals surface area contributed by atoms with E-state index in [1.54, 1.807) is 12.4 Å². The van der Waals surface area contributed by atoms with Crippen molar-refractivity contribution in [3.8, 4) is 0 Å². The van der Waals surface area contributed by atoms with Gasteiger partial charge in [0.25, 0.3) is 0 Å². The average molecular weight is 343 g/mol. The Hall–Kier alpha value is -1.88. The summed E-state index contributed by atoms with van der Waals surface area (Å²) in [6.45, 7) is 2.85. The topological polar surface area (TPSA) is 38.5 Å². The van der Waals surface area contributed by atoms with Gasteiger partial charge >= 0.3 is 0 Å². The normalized spacial score (nSPS) is 14.9. The zero-order valence-corrected chi connectivity index (χ0v) is 14.3. The molecule has 0 bridgehead atoms. The van der Waals surface area contributed by atoms with E-state index in [-0.39, 0.29) is 0 Å². The predicted molar refractivity (Wildman–Crippen MR) is 94.0 cm³/mol. The molecule has 0 N–H and O–H groups in total. The molecule has 3 heterocycles. The van der Waals surface area contributed by atoms with Gasteiger partial charge in [-0.1, -0.05) is 11.6 Å². The molecule has 4 rings (SSSR count). The summed E-state index contributed by atoms with van der Waals surface area (Å²) in [5, 5.41) is 2.00. The zero-order valence-electron chi connectivity index (χ0n) is 13.6. The minimum absolute atomic E-state index is 0.456. The molecule has 0 saturated carbocycles. The predicted octanol–water partition coefficient (Wildman–Crippen LogP) is 4.19. The van der Waals surface area contributed by atoms with Crippen molar-refractivity contribution >= 4 is 22.6 Å². The van der Waals surface area contributed by atoms with E-state index in [0.29, 0.717) is 13.2 Å². The second-order valence-electron chi connectivity index (χ2n) is 6.24. The fourth-order valence-electron chi connectivity index (χ4n) is 3.27. The Bertz CT molecular complexity index is 861. The van der Waals surface area contributed by atoms with Crippen molar-refractivity contribution in [3.05, 3.63) is 64.1 Å². The maximum atomic E-state index is 6.43. The molecule has 0 atom stereocenters. The van der Waals surface area contributed by atoms with Gasteiger partial charge in [-0.05, 0) is 48.9 Å². The molecule has 0 spiro atoms. The molecule has 24 heavy (non-hydrogen) atoms. The molecule has 124 valence electrons. The van der Waals surface area contributed by atoms with E-state index < -0.39 is 0 Å². The number of nitrogens with zero attached hydrogens (tertiary/aromatic N) is 2. The van der Waals surface area contributed by atoms with Crippen LogP contribution in [-0.4, -0.2) is 23.5 Å². The van der Waals surface area contributed by atoms with Gasteiger partial charge in [0.05, 0.1) is 6.61 Å². The molecule has 5 heteroatoms. The molecule has 0 unspecified atom stereocenters. The van der Waals surface area contributed by atoms with E-state index >= 15 is 0 Å². The number of furan rings is 1. The number of rotatable bonds is 4. The van der Waals surface area contributed by atoms with Crippen molar-refractivity contribution in [2.24, 2.45) is 0 Å². The van der Waals surface area contributed by atoms with Crippen LogP contribution in [0.1, 0.15) is 22.5 Å². The Morgan fingerprint density at radius 1 is 1.17 bits per heavy atom. The standard InChI is InChI=1S/C19H19ClN2O2/c1-22-9-6-14-16(20)2-3-17-19(14)15(10-22)18(24-17)12-23-11-13-4-7-21-8-5-13/h2-5,7-8H,6,9-12H2,1H3. The van der Waals surface area contributed by atoms with Crippen LogP contribution in [-0.2, 0) is 30.9 Å². The summed E-state index contributed by atoms with van der Waals surface area (Å²) >= 11 is 6.43. The lowest BCUT2D eigenvalue weighted by Gasteiger charge is -2.13. The van der Waals surface area contributed by atoms with Crippen LogP contribution in [0.4, 0.5) is 0 Å². The van der Waals surface area contributed by atoms with Crippen molar-refractivity contribution in [3.63, 3.8) is 0 Å². The molecule has 1 aromatic carbocycles. The summed E-state index contributed by atoms with van der Waals surface area (Å²) in [5.74, 6) is 0.899. The molecule has 1 aliphatic heterocycles. The maximum Gasteiger partial charge on any atom is 0.135 e. The molecule has 1 aliphatic rings. The van der Waals surface area contributed by atoms with Crippen LogP contribution >= 0.6 is 11.6 Å². The Morgan fingerprint density at radius 2 is 2.00 bits per heavy atom. The molecule has 0 fully saturated rings. The number of likely N-dealkylation sites (N-methyl/N-ethyl adjacent to an activating group) is 1. The lowest BCUT2D eigenvalue weighted by molar-refractivity contribution is 0.0927. The van der Waals surface area contributed by atoms with Gasteiger partial charge in [-0.25, -0.2) is 0 Å². The van der Waals surface area contributed by atoms with Gasteiger partial charge in [0, 0.05) is 41.5 Å². The van der Waals surface area contributed by atoms with Crippen LogP contribution in [0.25, 0.3) is 11.0 Å². The van der Waals surface area contributed by atoms with Crippen LogP contribution in [0, 0.1) is 0 Å². The Kier molecular flexibility index (Phi) is 4.27. The molecule has 0 aliphatic carbocycles. The van der Waals surface area contributed by atoms with Crippen molar-refractivity contribution < 1.29 is 9.15 Å². The SMILES string of the molecule is CN1CCc2c(Cl)ccc3oc(COCc4ccncc4)c(c23)C1. The lowest BCUT2D eigenvalue weighted by Crippen LogP contribution is -2.19. The van der Waals surface area contributed by atoms with Crippen molar-refractivity contribution in [1.82, 2.24) is 9.88 Å². The third-order valence-electron chi connectivity index (χ3n) is 4.51. The van der Waals surface area contributed by atoms with Crippen molar-refractivity contribution in [1.29, 1.82) is 0 Å². The van der Waals surface area contributed by atoms with E-state index in [2.05, 4.69) is 16.9 Å². The van der Waals surface area contributed by atoms with Gasteiger partial charge in [-0.15, -0.1) is 0 Å². The molecule has 2 aromatic heterocycles. The van der Waals surface area contributed by atoms with Gasteiger partial charge < -0.3 is 14.1 Å².